The first kappa shape index (κ1) is 18.4. The lowest BCUT2D eigenvalue weighted by molar-refractivity contribution is 0.410. The van der Waals surface area contributed by atoms with Crippen LogP contribution in [0.15, 0.2) is 39.2 Å². The summed E-state index contributed by atoms with van der Waals surface area (Å²) in [5.41, 5.74) is 1.11. The van der Waals surface area contributed by atoms with E-state index in [2.05, 4.69) is 26.0 Å². The van der Waals surface area contributed by atoms with Crippen LogP contribution >= 0.6 is 28.3 Å². The summed E-state index contributed by atoms with van der Waals surface area (Å²) in [6.07, 6.45) is 2.89. The van der Waals surface area contributed by atoms with E-state index in [0.717, 1.165) is 29.6 Å². The van der Waals surface area contributed by atoms with E-state index in [-0.39, 0.29) is 17.3 Å². The Bertz CT molecular complexity index is 620. The largest absolute Gasteiger partial charge is 0.496 e. The Labute approximate surface area is 139 Å². The summed E-state index contributed by atoms with van der Waals surface area (Å²) in [6.45, 7) is 2.03. The van der Waals surface area contributed by atoms with E-state index in [1.807, 2.05) is 6.08 Å². The van der Waals surface area contributed by atoms with Crippen molar-refractivity contribution in [2.24, 2.45) is 0 Å². The lowest BCUT2D eigenvalue weighted by atomic mass is 10.1. The molecule has 2 rings (SSSR count). The van der Waals surface area contributed by atoms with Gasteiger partial charge in [-0.3, -0.25) is 0 Å². The predicted octanol–water partition coefficient (Wildman–Crippen LogP) is 2.08. The fourth-order valence-electron chi connectivity index (χ4n) is 1.91. The van der Waals surface area contributed by atoms with Gasteiger partial charge < -0.3 is 10.1 Å². The monoisotopic (exact) mass is 396 g/mol. The summed E-state index contributed by atoms with van der Waals surface area (Å²) in [5.74, 6) is 0.494. The molecule has 0 fully saturated rings. The average molecular weight is 398 g/mol. The third-order valence-electron chi connectivity index (χ3n) is 3.08. The number of ether oxygens (including phenoxy) is 1. The number of benzene rings is 1. The highest BCUT2D eigenvalue weighted by atomic mass is 79.9. The van der Waals surface area contributed by atoms with Crippen molar-refractivity contribution < 1.29 is 13.2 Å². The van der Waals surface area contributed by atoms with Gasteiger partial charge in [-0.25, -0.2) is 13.1 Å². The predicted molar refractivity (Wildman–Crippen MR) is 88.7 cm³/mol. The van der Waals surface area contributed by atoms with Crippen molar-refractivity contribution in [2.45, 2.75) is 11.3 Å². The van der Waals surface area contributed by atoms with Gasteiger partial charge >= 0.3 is 0 Å². The highest BCUT2D eigenvalue weighted by molar-refractivity contribution is 9.10. The molecule has 118 valence electrons. The molecule has 0 radical (unpaired) electrons. The normalized spacial score (nSPS) is 15.0. The van der Waals surface area contributed by atoms with Gasteiger partial charge in [-0.2, -0.15) is 0 Å². The zero-order valence-corrected chi connectivity index (χ0v) is 14.8. The Kier molecular flexibility index (Phi) is 7.15. The zero-order chi connectivity index (χ0) is 14.6. The number of hydrogen-bond acceptors (Lipinski definition) is 4. The van der Waals surface area contributed by atoms with Crippen molar-refractivity contribution in [3.8, 4) is 5.75 Å². The second-order valence-electron chi connectivity index (χ2n) is 4.44. The number of methoxy groups -OCH3 is 1. The summed E-state index contributed by atoms with van der Waals surface area (Å²) in [4.78, 5) is 0.201. The fourth-order valence-corrected chi connectivity index (χ4v) is 3.37. The molecule has 2 N–H and O–H groups in total. The first-order chi connectivity index (χ1) is 9.53. The molecular weight excluding hydrogens is 380 g/mol. The molecule has 8 heteroatoms. The Hall–Kier alpha value is -0.600. The van der Waals surface area contributed by atoms with E-state index >= 15 is 0 Å². The molecule has 1 aromatic carbocycles. The summed E-state index contributed by atoms with van der Waals surface area (Å²) < 4.78 is 32.9. The average Bonchev–Trinajstić information content (AvgIpc) is 2.46. The van der Waals surface area contributed by atoms with Crippen LogP contribution in [-0.4, -0.2) is 35.2 Å². The van der Waals surface area contributed by atoms with Gasteiger partial charge in [0.05, 0.1) is 16.5 Å². The van der Waals surface area contributed by atoms with Crippen molar-refractivity contribution in [2.75, 3.05) is 26.7 Å². The van der Waals surface area contributed by atoms with Gasteiger partial charge in [-0.05, 0) is 41.0 Å². The third kappa shape index (κ3) is 4.96. The number of nitrogens with one attached hydrogen (secondary N) is 2. The molecule has 21 heavy (non-hydrogen) atoms. The van der Waals surface area contributed by atoms with Crippen LogP contribution in [0, 0.1) is 0 Å². The molecule has 0 spiro atoms. The SMILES string of the molecule is COc1cc(S(=O)(=O)NCC2=CCNCC2)ccc1Br.Cl. The van der Waals surface area contributed by atoms with Crippen LogP contribution in [0.25, 0.3) is 0 Å². The van der Waals surface area contributed by atoms with Gasteiger partial charge in [-0.15, -0.1) is 12.4 Å². The van der Waals surface area contributed by atoms with Crippen molar-refractivity contribution in [3.05, 3.63) is 34.3 Å². The minimum absolute atomic E-state index is 0. The van der Waals surface area contributed by atoms with Crippen molar-refractivity contribution in [1.29, 1.82) is 0 Å². The Morgan fingerprint density at radius 3 is 2.81 bits per heavy atom. The van der Waals surface area contributed by atoms with Crippen LogP contribution in [0.5, 0.6) is 5.75 Å². The molecule has 0 bridgehead atoms. The molecule has 5 nitrogen and oxygen atoms in total. The van der Waals surface area contributed by atoms with E-state index in [4.69, 9.17) is 4.74 Å². The molecule has 1 aliphatic heterocycles. The van der Waals surface area contributed by atoms with E-state index in [1.54, 1.807) is 12.1 Å². The maximum absolute atomic E-state index is 12.2. The molecule has 0 saturated carbocycles. The molecule has 0 amide bonds. The smallest absolute Gasteiger partial charge is 0.240 e. The number of rotatable bonds is 5. The molecule has 0 saturated heterocycles. The third-order valence-corrected chi connectivity index (χ3v) is 5.13. The van der Waals surface area contributed by atoms with E-state index in [9.17, 15) is 8.42 Å². The first-order valence-corrected chi connectivity index (χ1v) is 8.52. The van der Waals surface area contributed by atoms with Gasteiger partial charge in [0.25, 0.3) is 0 Å². The number of halogens is 2. The lowest BCUT2D eigenvalue weighted by Gasteiger charge is -2.15. The minimum Gasteiger partial charge on any atom is -0.496 e. The fraction of sp³-hybridized carbons (Fsp3) is 0.385. The number of hydrogen-bond donors (Lipinski definition) is 2. The van der Waals surface area contributed by atoms with Crippen molar-refractivity contribution >= 4 is 38.4 Å². The Morgan fingerprint density at radius 2 is 2.19 bits per heavy atom. The van der Waals surface area contributed by atoms with E-state index < -0.39 is 10.0 Å². The van der Waals surface area contributed by atoms with Crippen LogP contribution in [0.1, 0.15) is 6.42 Å². The standard InChI is InChI=1S/C13H17BrN2O3S.ClH/c1-19-13-8-11(2-3-12(13)14)20(17,18)16-9-10-4-6-15-7-5-10;/h2-4,8,15-16H,5-7,9H2,1H3;1H. The Morgan fingerprint density at radius 1 is 1.43 bits per heavy atom. The zero-order valence-electron chi connectivity index (χ0n) is 11.6. The lowest BCUT2D eigenvalue weighted by Crippen LogP contribution is -2.29. The summed E-state index contributed by atoms with van der Waals surface area (Å²) in [7, 11) is -2.02. The van der Waals surface area contributed by atoms with Crippen molar-refractivity contribution in [1.82, 2.24) is 10.0 Å². The highest BCUT2D eigenvalue weighted by Gasteiger charge is 2.16. The van der Waals surface area contributed by atoms with E-state index in [0.29, 0.717) is 12.3 Å². The summed E-state index contributed by atoms with van der Waals surface area (Å²) >= 11 is 3.30. The van der Waals surface area contributed by atoms with Gasteiger partial charge in [-0.1, -0.05) is 11.6 Å². The number of sulfonamides is 1. The first-order valence-electron chi connectivity index (χ1n) is 6.25. The van der Waals surface area contributed by atoms with Crippen molar-refractivity contribution in [3.63, 3.8) is 0 Å². The minimum atomic E-state index is -3.52. The molecule has 1 heterocycles. The van der Waals surface area contributed by atoms with Crippen LogP contribution in [0.3, 0.4) is 0 Å². The molecule has 1 aromatic rings. The quantitative estimate of drug-likeness (QED) is 0.747. The molecule has 0 aromatic heterocycles. The second-order valence-corrected chi connectivity index (χ2v) is 7.06. The maximum atomic E-state index is 12.2. The van der Waals surface area contributed by atoms with Gasteiger partial charge in [0.2, 0.25) is 10.0 Å². The van der Waals surface area contributed by atoms with Gasteiger partial charge in [0.15, 0.2) is 0 Å². The maximum Gasteiger partial charge on any atom is 0.240 e. The van der Waals surface area contributed by atoms with Crippen LogP contribution < -0.4 is 14.8 Å². The topological polar surface area (TPSA) is 67.4 Å². The molecule has 0 aliphatic carbocycles. The van der Waals surface area contributed by atoms with Crippen LogP contribution in [0.2, 0.25) is 0 Å². The van der Waals surface area contributed by atoms with Gasteiger partial charge in [0, 0.05) is 19.2 Å². The molecule has 1 aliphatic rings. The van der Waals surface area contributed by atoms with Crippen LogP contribution in [0.4, 0.5) is 0 Å². The molecule has 0 atom stereocenters. The Balaban J connectivity index is 0.00000220. The summed E-state index contributed by atoms with van der Waals surface area (Å²) in [5, 5.41) is 3.19. The van der Waals surface area contributed by atoms with Gasteiger partial charge in [0.1, 0.15) is 5.75 Å². The van der Waals surface area contributed by atoms with Crippen LogP contribution in [-0.2, 0) is 10.0 Å². The summed E-state index contributed by atoms with van der Waals surface area (Å²) in [6, 6.07) is 4.71. The second kappa shape index (κ2) is 8.14. The molecular formula is C13H18BrClN2O3S. The molecule has 0 unspecified atom stereocenters. The van der Waals surface area contributed by atoms with E-state index in [1.165, 1.54) is 13.2 Å². The highest BCUT2D eigenvalue weighted by Crippen LogP contribution is 2.27.